The van der Waals surface area contributed by atoms with Crippen LogP contribution >= 0.6 is 0 Å². The highest BCUT2D eigenvalue weighted by atomic mass is 16.5. The molecule has 18 heavy (non-hydrogen) atoms. The molecule has 4 nitrogen and oxygen atoms in total. The second-order valence-electron chi connectivity index (χ2n) is 4.35. The Labute approximate surface area is 107 Å². The van der Waals surface area contributed by atoms with E-state index in [0.717, 1.165) is 5.56 Å². The number of methoxy groups -OCH3 is 1. The van der Waals surface area contributed by atoms with E-state index < -0.39 is 5.91 Å². The van der Waals surface area contributed by atoms with Crippen LogP contribution in [0.2, 0.25) is 0 Å². The van der Waals surface area contributed by atoms with E-state index in [-0.39, 0.29) is 0 Å². The first kappa shape index (κ1) is 14.1. The van der Waals surface area contributed by atoms with Gasteiger partial charge in [-0.05, 0) is 29.7 Å². The summed E-state index contributed by atoms with van der Waals surface area (Å²) in [6, 6.07) is 5.47. The Morgan fingerprint density at radius 2 is 2.11 bits per heavy atom. The number of hydrogen-bond donors (Lipinski definition) is 1. The summed E-state index contributed by atoms with van der Waals surface area (Å²) in [5.74, 6) is 1.31. The standard InChI is InChI=1S/C14H19NO3/c1-10(2)9-18-12-6-4-11(5-7-14(15)16)8-13(12)17-3/h4-8,10H,9H2,1-3H3,(H2,15,16)/b7-5+. The lowest BCUT2D eigenvalue weighted by molar-refractivity contribution is -0.113. The number of rotatable bonds is 6. The van der Waals surface area contributed by atoms with Gasteiger partial charge in [-0.15, -0.1) is 0 Å². The minimum atomic E-state index is -0.478. The molecule has 0 aliphatic rings. The maximum Gasteiger partial charge on any atom is 0.241 e. The Morgan fingerprint density at radius 3 is 2.67 bits per heavy atom. The summed E-state index contributed by atoms with van der Waals surface area (Å²) in [6.45, 7) is 4.79. The molecular weight excluding hydrogens is 230 g/mol. The van der Waals surface area contributed by atoms with Gasteiger partial charge >= 0.3 is 0 Å². The summed E-state index contributed by atoms with van der Waals surface area (Å²) in [4.78, 5) is 10.7. The van der Waals surface area contributed by atoms with Gasteiger partial charge in [0.05, 0.1) is 13.7 Å². The molecule has 2 N–H and O–H groups in total. The molecule has 0 fully saturated rings. The molecule has 0 saturated heterocycles. The number of benzene rings is 1. The number of nitrogens with two attached hydrogens (primary N) is 1. The van der Waals surface area contributed by atoms with Gasteiger partial charge in [0.15, 0.2) is 11.5 Å². The summed E-state index contributed by atoms with van der Waals surface area (Å²) in [5, 5.41) is 0. The largest absolute Gasteiger partial charge is 0.493 e. The van der Waals surface area contributed by atoms with Crippen molar-refractivity contribution >= 4 is 12.0 Å². The maximum absolute atomic E-state index is 10.7. The minimum absolute atomic E-state index is 0.448. The van der Waals surface area contributed by atoms with Gasteiger partial charge in [0, 0.05) is 6.08 Å². The van der Waals surface area contributed by atoms with Gasteiger partial charge < -0.3 is 15.2 Å². The molecule has 1 rings (SSSR count). The van der Waals surface area contributed by atoms with Gasteiger partial charge in [-0.3, -0.25) is 4.79 Å². The molecule has 0 aromatic heterocycles. The topological polar surface area (TPSA) is 61.5 Å². The number of hydrogen-bond acceptors (Lipinski definition) is 3. The predicted octanol–water partition coefficient (Wildman–Crippen LogP) is 2.23. The average Bonchev–Trinajstić information content (AvgIpc) is 2.34. The molecule has 0 saturated carbocycles. The number of carbonyl (C=O) groups is 1. The SMILES string of the molecule is COc1cc(/C=C/C(N)=O)ccc1OCC(C)C. The van der Waals surface area contributed by atoms with Crippen LogP contribution in [-0.4, -0.2) is 19.6 Å². The number of primary amides is 1. The van der Waals surface area contributed by atoms with E-state index in [9.17, 15) is 4.79 Å². The van der Waals surface area contributed by atoms with Crippen molar-refractivity contribution in [2.45, 2.75) is 13.8 Å². The van der Waals surface area contributed by atoms with Crippen molar-refractivity contribution in [2.75, 3.05) is 13.7 Å². The third-order valence-corrected chi connectivity index (χ3v) is 2.20. The Bertz CT molecular complexity index is 439. The lowest BCUT2D eigenvalue weighted by atomic mass is 10.2. The van der Waals surface area contributed by atoms with Gasteiger partial charge in [-0.1, -0.05) is 19.9 Å². The molecule has 0 radical (unpaired) electrons. The van der Waals surface area contributed by atoms with Crippen LogP contribution < -0.4 is 15.2 Å². The van der Waals surface area contributed by atoms with Gasteiger partial charge in [0.1, 0.15) is 0 Å². The van der Waals surface area contributed by atoms with Crippen LogP contribution in [0.3, 0.4) is 0 Å². The average molecular weight is 249 g/mol. The normalized spacial score (nSPS) is 10.9. The molecule has 0 aliphatic heterocycles. The molecule has 0 heterocycles. The highest BCUT2D eigenvalue weighted by Gasteiger charge is 2.05. The Balaban J connectivity index is 2.85. The fourth-order valence-corrected chi connectivity index (χ4v) is 1.34. The molecule has 1 amide bonds. The van der Waals surface area contributed by atoms with Crippen molar-refractivity contribution in [3.8, 4) is 11.5 Å². The van der Waals surface area contributed by atoms with Crippen LogP contribution in [0.15, 0.2) is 24.3 Å². The lowest BCUT2D eigenvalue weighted by Crippen LogP contribution is -2.06. The Hall–Kier alpha value is -1.97. The first-order valence-corrected chi connectivity index (χ1v) is 5.81. The van der Waals surface area contributed by atoms with Crippen LogP contribution in [-0.2, 0) is 4.79 Å². The lowest BCUT2D eigenvalue weighted by Gasteiger charge is -2.12. The monoisotopic (exact) mass is 249 g/mol. The number of amides is 1. The van der Waals surface area contributed by atoms with Crippen molar-refractivity contribution in [3.05, 3.63) is 29.8 Å². The molecule has 1 aromatic rings. The molecule has 0 spiro atoms. The van der Waals surface area contributed by atoms with Crippen molar-refractivity contribution in [3.63, 3.8) is 0 Å². The Kier molecular flexibility index (Phi) is 5.24. The molecule has 1 aromatic carbocycles. The van der Waals surface area contributed by atoms with Crippen LogP contribution in [0.25, 0.3) is 6.08 Å². The molecule has 98 valence electrons. The second-order valence-corrected chi connectivity index (χ2v) is 4.35. The molecule has 0 aliphatic carbocycles. The number of ether oxygens (including phenoxy) is 2. The van der Waals surface area contributed by atoms with Crippen LogP contribution in [0, 0.1) is 5.92 Å². The van der Waals surface area contributed by atoms with Gasteiger partial charge in [-0.25, -0.2) is 0 Å². The summed E-state index contributed by atoms with van der Waals surface area (Å²) >= 11 is 0. The summed E-state index contributed by atoms with van der Waals surface area (Å²) in [6.07, 6.45) is 2.94. The van der Waals surface area contributed by atoms with E-state index in [4.69, 9.17) is 15.2 Å². The minimum Gasteiger partial charge on any atom is -0.493 e. The molecular formula is C14H19NO3. The van der Waals surface area contributed by atoms with E-state index in [0.29, 0.717) is 24.0 Å². The van der Waals surface area contributed by atoms with Crippen molar-refractivity contribution in [1.82, 2.24) is 0 Å². The quantitative estimate of drug-likeness (QED) is 0.786. The third-order valence-electron chi connectivity index (χ3n) is 2.20. The van der Waals surface area contributed by atoms with E-state index in [2.05, 4.69) is 13.8 Å². The Morgan fingerprint density at radius 1 is 1.39 bits per heavy atom. The van der Waals surface area contributed by atoms with Crippen LogP contribution in [0.4, 0.5) is 0 Å². The molecule has 0 atom stereocenters. The van der Waals surface area contributed by atoms with E-state index >= 15 is 0 Å². The van der Waals surface area contributed by atoms with Gasteiger partial charge in [0.2, 0.25) is 5.91 Å². The first-order valence-electron chi connectivity index (χ1n) is 5.81. The van der Waals surface area contributed by atoms with E-state index in [1.165, 1.54) is 6.08 Å². The van der Waals surface area contributed by atoms with E-state index in [1.54, 1.807) is 19.3 Å². The second kappa shape index (κ2) is 6.69. The van der Waals surface area contributed by atoms with Crippen LogP contribution in [0.1, 0.15) is 19.4 Å². The summed E-state index contributed by atoms with van der Waals surface area (Å²) in [7, 11) is 1.58. The maximum atomic E-state index is 10.7. The third kappa shape index (κ3) is 4.49. The first-order chi connectivity index (χ1) is 8.52. The fourth-order valence-electron chi connectivity index (χ4n) is 1.34. The highest BCUT2D eigenvalue weighted by Crippen LogP contribution is 2.28. The van der Waals surface area contributed by atoms with E-state index in [1.807, 2.05) is 12.1 Å². The van der Waals surface area contributed by atoms with Crippen molar-refractivity contribution < 1.29 is 14.3 Å². The number of carbonyl (C=O) groups excluding carboxylic acids is 1. The zero-order valence-corrected chi connectivity index (χ0v) is 11.0. The smallest absolute Gasteiger partial charge is 0.241 e. The molecule has 0 unspecified atom stereocenters. The highest BCUT2D eigenvalue weighted by molar-refractivity contribution is 5.90. The van der Waals surface area contributed by atoms with Crippen molar-refractivity contribution in [1.29, 1.82) is 0 Å². The fraction of sp³-hybridized carbons (Fsp3) is 0.357. The van der Waals surface area contributed by atoms with Gasteiger partial charge in [0.25, 0.3) is 0 Å². The molecule has 4 heteroatoms. The zero-order chi connectivity index (χ0) is 13.5. The predicted molar refractivity (Wildman–Crippen MR) is 71.6 cm³/mol. The van der Waals surface area contributed by atoms with Crippen molar-refractivity contribution in [2.24, 2.45) is 11.7 Å². The zero-order valence-electron chi connectivity index (χ0n) is 11.0. The molecule has 0 bridgehead atoms. The summed E-state index contributed by atoms with van der Waals surface area (Å²) in [5.41, 5.74) is 5.88. The van der Waals surface area contributed by atoms with Gasteiger partial charge in [-0.2, -0.15) is 0 Å². The summed E-state index contributed by atoms with van der Waals surface area (Å²) < 4.78 is 10.9. The van der Waals surface area contributed by atoms with Crippen LogP contribution in [0.5, 0.6) is 11.5 Å².